The Labute approximate surface area is 190 Å². The van der Waals surface area contributed by atoms with Crippen LogP contribution in [0.25, 0.3) is 11.0 Å². The number of carbonyl (C=O) groups is 1. The molecule has 0 saturated heterocycles. The molecule has 2 amide bonds. The number of aryl methyl sites for hydroxylation is 1. The van der Waals surface area contributed by atoms with Crippen molar-refractivity contribution in [3.05, 3.63) is 89.7 Å². The number of benzene rings is 3. The Hall–Kier alpha value is -4.26. The van der Waals surface area contributed by atoms with Gasteiger partial charge in [-0.2, -0.15) is 5.10 Å². The van der Waals surface area contributed by atoms with Crippen molar-refractivity contribution >= 4 is 28.4 Å². The van der Waals surface area contributed by atoms with Crippen LogP contribution < -0.4 is 10.1 Å². The normalized spacial score (nSPS) is 15.5. The van der Waals surface area contributed by atoms with Gasteiger partial charge in [0.1, 0.15) is 11.3 Å². The molecule has 1 atom stereocenters. The zero-order chi connectivity index (χ0) is 22.9. The minimum Gasteiger partial charge on any atom is -0.504 e. The monoisotopic (exact) mass is 441 g/mol. The average Bonchev–Trinajstić information content (AvgIpc) is 3.45. The number of carbonyl (C=O) groups excluding carboxylic acids is 1. The molecule has 5 rings (SSSR count). The Morgan fingerprint density at radius 2 is 1.91 bits per heavy atom. The van der Waals surface area contributed by atoms with E-state index < -0.39 is 6.04 Å². The lowest BCUT2D eigenvalue weighted by Gasteiger charge is -2.23. The highest BCUT2D eigenvalue weighted by Gasteiger charge is 2.35. The van der Waals surface area contributed by atoms with E-state index in [2.05, 4.69) is 10.4 Å². The summed E-state index contributed by atoms with van der Waals surface area (Å²) >= 11 is 0. The predicted molar refractivity (Wildman–Crippen MR) is 127 cm³/mol. The molecule has 0 aliphatic carbocycles. The lowest BCUT2D eigenvalue weighted by atomic mass is 10.0. The fourth-order valence-corrected chi connectivity index (χ4v) is 3.95. The van der Waals surface area contributed by atoms with Crippen molar-refractivity contribution < 1.29 is 19.1 Å². The van der Waals surface area contributed by atoms with Gasteiger partial charge < -0.3 is 19.6 Å². The molecule has 0 fully saturated rings. The van der Waals surface area contributed by atoms with Gasteiger partial charge in [0.25, 0.3) is 0 Å². The van der Waals surface area contributed by atoms with Crippen molar-refractivity contribution in [1.29, 1.82) is 0 Å². The first-order chi connectivity index (χ1) is 16.0. The van der Waals surface area contributed by atoms with Crippen molar-refractivity contribution in [2.45, 2.75) is 19.4 Å². The number of urea groups is 1. The maximum atomic E-state index is 13.3. The zero-order valence-corrected chi connectivity index (χ0v) is 18.3. The summed E-state index contributed by atoms with van der Waals surface area (Å²) < 4.78 is 11.3. The average molecular weight is 441 g/mol. The molecule has 1 aliphatic rings. The molecule has 1 aliphatic heterocycles. The van der Waals surface area contributed by atoms with Gasteiger partial charge in [0.15, 0.2) is 17.3 Å². The van der Waals surface area contributed by atoms with E-state index in [0.717, 1.165) is 22.1 Å². The van der Waals surface area contributed by atoms with Gasteiger partial charge in [-0.3, -0.25) is 0 Å². The highest BCUT2D eigenvalue weighted by Crippen LogP contribution is 2.38. The molecule has 2 N–H and O–H groups in total. The molecule has 33 heavy (non-hydrogen) atoms. The lowest BCUT2D eigenvalue weighted by molar-refractivity contribution is 0.200. The molecule has 0 saturated carbocycles. The Morgan fingerprint density at radius 1 is 1.12 bits per heavy atom. The first-order valence-corrected chi connectivity index (χ1v) is 10.6. The molecular formula is C26H23N3O4. The highest BCUT2D eigenvalue weighted by molar-refractivity contribution is 6.04. The van der Waals surface area contributed by atoms with E-state index in [1.165, 1.54) is 12.1 Å². The number of furan rings is 1. The van der Waals surface area contributed by atoms with Gasteiger partial charge in [-0.05, 0) is 48.9 Å². The van der Waals surface area contributed by atoms with Crippen LogP contribution in [0.4, 0.5) is 10.5 Å². The number of aromatic hydroxyl groups is 1. The number of hydrogen-bond donors (Lipinski definition) is 2. The number of para-hydroxylation sites is 1. The van der Waals surface area contributed by atoms with Crippen molar-refractivity contribution in [1.82, 2.24) is 5.01 Å². The van der Waals surface area contributed by atoms with Crippen molar-refractivity contribution in [3.63, 3.8) is 0 Å². The second-order valence-electron chi connectivity index (χ2n) is 7.99. The SMILES string of the molecule is COc1cc(C2CC(c3cc4ccccc4o3)=NN2C(=O)Nc2ccc(C)cc2)ccc1O. The molecule has 1 unspecified atom stereocenters. The number of methoxy groups -OCH3 is 1. The molecule has 0 bridgehead atoms. The molecule has 2 heterocycles. The summed E-state index contributed by atoms with van der Waals surface area (Å²) in [5, 5.41) is 20.0. The number of hydrazone groups is 1. The zero-order valence-electron chi connectivity index (χ0n) is 18.3. The third kappa shape index (κ3) is 4.01. The summed E-state index contributed by atoms with van der Waals surface area (Å²) in [7, 11) is 1.49. The maximum absolute atomic E-state index is 13.3. The first kappa shape index (κ1) is 20.6. The van der Waals surface area contributed by atoms with Crippen molar-refractivity contribution in [2.24, 2.45) is 5.10 Å². The predicted octanol–water partition coefficient (Wildman–Crippen LogP) is 5.84. The van der Waals surface area contributed by atoms with Crippen LogP contribution in [0, 0.1) is 6.92 Å². The van der Waals surface area contributed by atoms with E-state index >= 15 is 0 Å². The molecule has 7 heteroatoms. The summed E-state index contributed by atoms with van der Waals surface area (Å²) in [5.41, 5.74) is 4.01. The van der Waals surface area contributed by atoms with Gasteiger partial charge >= 0.3 is 6.03 Å². The number of ether oxygens (including phenoxy) is 1. The Balaban J connectivity index is 1.51. The number of rotatable bonds is 4. The Morgan fingerprint density at radius 3 is 2.67 bits per heavy atom. The van der Waals surface area contributed by atoms with Crippen LogP contribution in [-0.4, -0.2) is 29.0 Å². The summed E-state index contributed by atoms with van der Waals surface area (Å²) in [4.78, 5) is 13.3. The van der Waals surface area contributed by atoms with E-state index in [0.29, 0.717) is 29.3 Å². The molecular weight excluding hydrogens is 418 g/mol. The second-order valence-corrected chi connectivity index (χ2v) is 7.99. The largest absolute Gasteiger partial charge is 0.504 e. The number of hydrogen-bond acceptors (Lipinski definition) is 5. The molecule has 166 valence electrons. The third-order valence-electron chi connectivity index (χ3n) is 5.72. The van der Waals surface area contributed by atoms with Gasteiger partial charge in [-0.1, -0.05) is 42.0 Å². The van der Waals surface area contributed by atoms with Gasteiger partial charge in [0.2, 0.25) is 0 Å². The third-order valence-corrected chi connectivity index (χ3v) is 5.72. The first-order valence-electron chi connectivity index (χ1n) is 10.6. The van der Waals surface area contributed by atoms with E-state index in [-0.39, 0.29) is 11.8 Å². The number of nitrogens with zero attached hydrogens (tertiary/aromatic N) is 2. The van der Waals surface area contributed by atoms with Crippen LogP contribution in [0.1, 0.15) is 29.3 Å². The van der Waals surface area contributed by atoms with Gasteiger partial charge in [0.05, 0.1) is 13.2 Å². The van der Waals surface area contributed by atoms with Gasteiger partial charge in [-0.25, -0.2) is 9.80 Å². The van der Waals surface area contributed by atoms with Crippen LogP contribution in [0.2, 0.25) is 0 Å². The van der Waals surface area contributed by atoms with Crippen LogP contribution in [0.5, 0.6) is 11.5 Å². The number of amides is 2. The molecule has 1 aromatic heterocycles. The Kier molecular flexibility index (Phi) is 5.22. The Bertz CT molecular complexity index is 1320. The number of phenols is 1. The smallest absolute Gasteiger partial charge is 0.342 e. The van der Waals surface area contributed by atoms with Gasteiger partial charge in [-0.15, -0.1) is 0 Å². The topological polar surface area (TPSA) is 87.3 Å². The van der Waals surface area contributed by atoms with Gasteiger partial charge in [0, 0.05) is 17.5 Å². The summed E-state index contributed by atoms with van der Waals surface area (Å²) in [6.45, 7) is 1.99. The molecule has 0 spiro atoms. The minimum absolute atomic E-state index is 0.0355. The molecule has 3 aromatic carbocycles. The van der Waals surface area contributed by atoms with E-state index in [1.807, 2.05) is 61.5 Å². The quantitative estimate of drug-likeness (QED) is 0.417. The summed E-state index contributed by atoms with van der Waals surface area (Å²) in [6.07, 6.45) is 0.453. The number of nitrogens with one attached hydrogen (secondary N) is 1. The van der Waals surface area contributed by atoms with E-state index in [9.17, 15) is 9.90 Å². The number of phenolic OH excluding ortho intramolecular Hbond substituents is 1. The maximum Gasteiger partial charge on any atom is 0.342 e. The highest BCUT2D eigenvalue weighted by atomic mass is 16.5. The number of fused-ring (bicyclic) bond motifs is 1. The minimum atomic E-state index is -0.395. The van der Waals surface area contributed by atoms with Crippen LogP contribution in [0.15, 0.2) is 82.3 Å². The molecule has 4 aromatic rings. The fourth-order valence-electron chi connectivity index (χ4n) is 3.95. The molecule has 7 nitrogen and oxygen atoms in total. The van der Waals surface area contributed by atoms with Crippen LogP contribution >= 0.6 is 0 Å². The van der Waals surface area contributed by atoms with Crippen LogP contribution in [0.3, 0.4) is 0 Å². The van der Waals surface area contributed by atoms with Crippen molar-refractivity contribution in [2.75, 3.05) is 12.4 Å². The fraction of sp³-hybridized carbons (Fsp3) is 0.154. The van der Waals surface area contributed by atoms with E-state index in [1.54, 1.807) is 18.2 Å². The lowest BCUT2D eigenvalue weighted by Crippen LogP contribution is -2.31. The summed E-state index contributed by atoms with van der Waals surface area (Å²) in [6, 6.07) is 21.6. The van der Waals surface area contributed by atoms with Crippen LogP contribution in [-0.2, 0) is 0 Å². The second kappa shape index (κ2) is 8.35. The standard InChI is InChI=1S/C26H23N3O4/c1-16-7-10-19(11-8-16)27-26(31)29-21(17-9-12-22(30)25(13-17)32-2)15-20(28-29)24-14-18-5-3-4-6-23(18)33-24/h3-14,21,30H,15H2,1-2H3,(H,27,31). The number of anilines is 1. The molecule has 0 radical (unpaired) electrons. The summed E-state index contributed by atoms with van der Waals surface area (Å²) in [5.74, 6) is 0.995. The van der Waals surface area contributed by atoms with Crippen molar-refractivity contribution in [3.8, 4) is 11.5 Å². The van der Waals surface area contributed by atoms with E-state index in [4.69, 9.17) is 9.15 Å².